The Morgan fingerprint density at radius 2 is 1.29 bits per heavy atom. The van der Waals surface area contributed by atoms with Gasteiger partial charge in [0.25, 0.3) is 0 Å². The molecule has 2 heterocycles. The largest absolute Gasteiger partial charge is 0.444 e. The number of ether oxygens (including phenoxy) is 5. The summed E-state index contributed by atoms with van der Waals surface area (Å²) in [4.78, 5) is 11.9. The average molecular weight is 499 g/mol. The second kappa shape index (κ2) is 9.38. The van der Waals surface area contributed by atoms with Crippen LogP contribution in [0.15, 0.2) is 0 Å². The molecule has 200 valence electrons. The van der Waals surface area contributed by atoms with Crippen molar-refractivity contribution in [2.75, 3.05) is 0 Å². The van der Waals surface area contributed by atoms with E-state index in [0.29, 0.717) is 12.8 Å². The van der Waals surface area contributed by atoms with Gasteiger partial charge in [0, 0.05) is 31.7 Å². The monoisotopic (exact) mass is 498 g/mol. The summed E-state index contributed by atoms with van der Waals surface area (Å²) in [6.07, 6.45) is 6.77. The van der Waals surface area contributed by atoms with E-state index >= 15 is 0 Å². The highest BCUT2D eigenvalue weighted by molar-refractivity contribution is 5.68. The number of nitrogens with one attached hydrogen (secondary N) is 1. The van der Waals surface area contributed by atoms with Gasteiger partial charge in [-0.1, -0.05) is 0 Å². The molecule has 0 radical (unpaired) electrons. The van der Waals surface area contributed by atoms with E-state index in [0.717, 1.165) is 51.4 Å². The number of carbonyl (C=O) groups excluding carboxylic acids is 1. The van der Waals surface area contributed by atoms with Crippen LogP contribution >= 0.6 is 0 Å². The van der Waals surface area contributed by atoms with Gasteiger partial charge in [-0.15, -0.1) is 0 Å². The Morgan fingerprint density at radius 3 is 1.80 bits per heavy atom. The summed E-state index contributed by atoms with van der Waals surface area (Å²) in [5.74, 6) is -0.932. The van der Waals surface area contributed by atoms with E-state index in [9.17, 15) is 15.0 Å². The smallest absolute Gasteiger partial charge is 0.407 e. The fourth-order valence-corrected chi connectivity index (χ4v) is 6.53. The quantitative estimate of drug-likeness (QED) is 0.426. The number of rotatable bonds is 1. The van der Waals surface area contributed by atoms with Gasteiger partial charge < -0.3 is 44.9 Å². The van der Waals surface area contributed by atoms with Crippen molar-refractivity contribution in [2.45, 2.75) is 151 Å². The lowest BCUT2D eigenvalue weighted by molar-refractivity contribution is -0.184. The number of fused-ring (bicyclic) bond motifs is 2. The first-order valence-corrected chi connectivity index (χ1v) is 13.3. The van der Waals surface area contributed by atoms with Crippen LogP contribution in [-0.2, 0) is 23.7 Å². The van der Waals surface area contributed by atoms with E-state index in [-0.39, 0.29) is 36.5 Å². The molecule has 6 aliphatic rings. The van der Waals surface area contributed by atoms with Crippen molar-refractivity contribution in [3.8, 4) is 0 Å². The highest BCUT2D eigenvalue weighted by Gasteiger charge is 2.58. The molecule has 6 rings (SSSR count). The lowest BCUT2D eigenvalue weighted by atomic mass is 10.2. The molecule has 1 amide bonds. The van der Waals surface area contributed by atoms with Gasteiger partial charge in [0.2, 0.25) is 0 Å². The van der Waals surface area contributed by atoms with Crippen molar-refractivity contribution in [2.24, 2.45) is 5.73 Å². The van der Waals surface area contributed by atoms with Gasteiger partial charge in [-0.05, 0) is 59.3 Å². The number of amides is 1. The molecule has 5 N–H and O–H groups in total. The Morgan fingerprint density at radius 1 is 0.829 bits per heavy atom. The minimum atomic E-state index is -0.602. The van der Waals surface area contributed by atoms with Crippen molar-refractivity contribution in [3.05, 3.63) is 0 Å². The van der Waals surface area contributed by atoms with E-state index in [1.54, 1.807) is 0 Å². The molecule has 0 unspecified atom stereocenters. The van der Waals surface area contributed by atoms with E-state index in [4.69, 9.17) is 29.4 Å². The molecule has 10 nitrogen and oxygen atoms in total. The van der Waals surface area contributed by atoms with Gasteiger partial charge >= 0.3 is 6.09 Å². The Labute approximate surface area is 207 Å². The third kappa shape index (κ3) is 5.21. The van der Waals surface area contributed by atoms with Gasteiger partial charge in [0.05, 0.1) is 18.2 Å². The van der Waals surface area contributed by atoms with Crippen molar-refractivity contribution in [1.29, 1.82) is 0 Å². The molecule has 2 saturated heterocycles. The Kier molecular flexibility index (Phi) is 6.87. The van der Waals surface area contributed by atoms with Gasteiger partial charge in [-0.2, -0.15) is 0 Å². The number of hydrogen-bond donors (Lipinski definition) is 4. The summed E-state index contributed by atoms with van der Waals surface area (Å²) in [5, 5.41) is 22.7. The predicted molar refractivity (Wildman–Crippen MR) is 124 cm³/mol. The van der Waals surface area contributed by atoms with Crippen LogP contribution in [0.2, 0.25) is 0 Å². The number of nitrogens with two attached hydrogens (primary N) is 1. The SMILES string of the molecule is CC(C)(C)OC(=O)N[C@@H]1C[C@H](O)[C@H]2OC3(CCCC3)O[C@H]21.N[C@@H]1C[C@H](O)[C@H]2OC3(CCCC3)O[C@H]21. The topological polar surface area (TPSA) is 142 Å². The summed E-state index contributed by atoms with van der Waals surface area (Å²) >= 11 is 0. The van der Waals surface area contributed by atoms with Crippen molar-refractivity contribution in [1.82, 2.24) is 5.32 Å². The first-order chi connectivity index (χ1) is 16.5. The van der Waals surface area contributed by atoms with Crippen LogP contribution < -0.4 is 11.1 Å². The summed E-state index contributed by atoms with van der Waals surface area (Å²) < 4.78 is 29.1. The van der Waals surface area contributed by atoms with Crippen molar-refractivity contribution in [3.63, 3.8) is 0 Å². The molecule has 2 aliphatic heterocycles. The summed E-state index contributed by atoms with van der Waals surface area (Å²) in [6, 6.07) is -0.324. The minimum absolute atomic E-state index is 0.0602. The van der Waals surface area contributed by atoms with Crippen LogP contribution in [0.4, 0.5) is 4.79 Å². The molecule has 0 aromatic heterocycles. The van der Waals surface area contributed by atoms with Crippen LogP contribution in [0.5, 0.6) is 0 Å². The first-order valence-electron chi connectivity index (χ1n) is 13.3. The third-order valence-corrected chi connectivity index (χ3v) is 8.07. The summed E-state index contributed by atoms with van der Waals surface area (Å²) in [6.45, 7) is 5.46. The van der Waals surface area contributed by atoms with Crippen LogP contribution in [0.3, 0.4) is 0 Å². The molecule has 4 aliphatic carbocycles. The van der Waals surface area contributed by atoms with Gasteiger partial charge in [-0.3, -0.25) is 0 Å². The lowest BCUT2D eigenvalue weighted by Gasteiger charge is -2.27. The van der Waals surface area contributed by atoms with E-state index in [1.165, 1.54) is 0 Å². The molecule has 0 aromatic carbocycles. The maximum absolute atomic E-state index is 11.9. The fraction of sp³-hybridized carbons (Fsp3) is 0.960. The molecule has 4 saturated carbocycles. The molecule has 0 bridgehead atoms. The summed E-state index contributed by atoms with van der Waals surface area (Å²) in [5.41, 5.74) is 5.35. The zero-order valence-corrected chi connectivity index (χ0v) is 21.1. The fourth-order valence-electron chi connectivity index (χ4n) is 6.53. The Hall–Kier alpha value is -1.01. The molecular formula is C25H42N2O8. The normalized spacial score (nSPS) is 42.7. The lowest BCUT2D eigenvalue weighted by Crippen LogP contribution is -2.45. The van der Waals surface area contributed by atoms with Crippen LogP contribution in [-0.4, -0.2) is 82.2 Å². The van der Waals surface area contributed by atoms with Crippen molar-refractivity contribution >= 4 is 6.09 Å². The maximum Gasteiger partial charge on any atom is 0.407 e. The van der Waals surface area contributed by atoms with Gasteiger partial charge in [0.1, 0.15) is 30.0 Å². The average Bonchev–Trinajstić information content (AvgIpc) is 3.58. The molecule has 0 aromatic rings. The third-order valence-electron chi connectivity index (χ3n) is 8.07. The Balaban J connectivity index is 0.000000156. The molecule has 10 heteroatoms. The number of hydrogen-bond acceptors (Lipinski definition) is 9. The van der Waals surface area contributed by atoms with Gasteiger partial charge in [0.15, 0.2) is 11.6 Å². The number of aliphatic hydroxyl groups excluding tert-OH is 2. The number of aliphatic hydroxyl groups is 2. The highest BCUT2D eigenvalue weighted by atomic mass is 16.8. The molecular weight excluding hydrogens is 456 g/mol. The molecule has 35 heavy (non-hydrogen) atoms. The number of alkyl carbamates (subject to hydrolysis) is 1. The zero-order chi connectivity index (χ0) is 25.0. The summed E-state index contributed by atoms with van der Waals surface area (Å²) in [7, 11) is 0. The standard InChI is InChI=1S/C15H25NO5.C10H17NO3/c1-14(2,3)21-13(18)16-9-8-10(17)12-11(9)19-15(20-12)6-4-5-7-15;11-6-5-7(12)9-8(6)13-10(14-9)3-1-2-4-10/h9-12,17H,4-8H2,1-3H3,(H,16,18);6-9,12H,1-5,11H2/t9-,10+,11+,12-;6-,7+,8+,9-/m11/s1. The molecule has 2 spiro atoms. The molecule has 6 fully saturated rings. The first kappa shape index (κ1) is 25.6. The van der Waals surface area contributed by atoms with E-state index in [2.05, 4.69) is 5.32 Å². The van der Waals surface area contributed by atoms with Crippen LogP contribution in [0, 0.1) is 0 Å². The molecule has 8 atom stereocenters. The zero-order valence-electron chi connectivity index (χ0n) is 21.1. The van der Waals surface area contributed by atoms with Gasteiger partial charge in [-0.25, -0.2) is 4.79 Å². The second-order valence-electron chi connectivity index (χ2n) is 12.1. The predicted octanol–water partition coefficient (Wildman–Crippen LogP) is 1.83. The van der Waals surface area contributed by atoms with E-state index < -0.39 is 35.5 Å². The van der Waals surface area contributed by atoms with Crippen LogP contribution in [0.1, 0.15) is 85.0 Å². The number of carbonyl (C=O) groups is 1. The highest BCUT2D eigenvalue weighted by Crippen LogP contribution is 2.47. The van der Waals surface area contributed by atoms with Crippen LogP contribution in [0.25, 0.3) is 0 Å². The minimum Gasteiger partial charge on any atom is -0.444 e. The Bertz CT molecular complexity index is 758. The van der Waals surface area contributed by atoms with E-state index in [1.807, 2.05) is 20.8 Å². The maximum atomic E-state index is 11.9. The second-order valence-corrected chi connectivity index (χ2v) is 12.1. The van der Waals surface area contributed by atoms with Crippen molar-refractivity contribution < 1.29 is 38.7 Å².